The number of likely N-dealkylation sites (N-methyl/N-ethyl adjacent to an activating group) is 1. The normalized spacial score (nSPS) is 12.0. The van der Waals surface area contributed by atoms with Crippen LogP contribution in [0.3, 0.4) is 0 Å². The van der Waals surface area contributed by atoms with Crippen molar-refractivity contribution in [1.82, 2.24) is 10.2 Å². The Hall–Kier alpha value is -1.47. The molecule has 0 bridgehead atoms. The number of benzene rings is 1. The number of non-ortho nitro benzene ring substituents is 1. The summed E-state index contributed by atoms with van der Waals surface area (Å²) in [5, 5.41) is 13.8. The Labute approximate surface area is 132 Å². The summed E-state index contributed by atoms with van der Waals surface area (Å²) in [7, 11) is 0. The third kappa shape index (κ3) is 4.78. The van der Waals surface area contributed by atoms with Gasteiger partial charge in [0.15, 0.2) is 0 Å². The van der Waals surface area contributed by atoms with Crippen LogP contribution in [0.1, 0.15) is 26.3 Å². The van der Waals surface area contributed by atoms with E-state index in [9.17, 15) is 14.9 Å². The molecule has 1 amide bonds. The molecule has 7 heteroatoms. The number of nitrogens with one attached hydrogen (secondary N) is 1. The van der Waals surface area contributed by atoms with Crippen molar-refractivity contribution < 1.29 is 9.72 Å². The van der Waals surface area contributed by atoms with E-state index in [0.29, 0.717) is 24.1 Å². The molecule has 0 aliphatic carbocycles. The first-order valence-electron chi connectivity index (χ1n) is 6.85. The van der Waals surface area contributed by atoms with E-state index >= 15 is 0 Å². The number of halogens is 1. The minimum absolute atomic E-state index is 0.0397. The highest BCUT2D eigenvalue weighted by atomic mass is 79.9. The highest BCUT2D eigenvalue weighted by Crippen LogP contribution is 2.22. The number of amides is 1. The van der Waals surface area contributed by atoms with Crippen molar-refractivity contribution in [3.63, 3.8) is 0 Å². The van der Waals surface area contributed by atoms with Crippen LogP contribution in [0, 0.1) is 10.1 Å². The van der Waals surface area contributed by atoms with E-state index in [-0.39, 0.29) is 17.6 Å². The zero-order valence-electron chi connectivity index (χ0n) is 12.4. The fourth-order valence-corrected chi connectivity index (χ4v) is 2.46. The summed E-state index contributed by atoms with van der Waals surface area (Å²) < 4.78 is 0.659. The Morgan fingerprint density at radius 2 is 2.05 bits per heavy atom. The zero-order valence-corrected chi connectivity index (χ0v) is 14.0. The first-order valence-corrected chi connectivity index (χ1v) is 7.64. The van der Waals surface area contributed by atoms with Crippen LogP contribution in [-0.4, -0.2) is 34.9 Å². The molecule has 21 heavy (non-hydrogen) atoms. The molecule has 0 heterocycles. The lowest BCUT2D eigenvalue weighted by molar-refractivity contribution is -0.384. The van der Waals surface area contributed by atoms with Crippen LogP contribution in [0.4, 0.5) is 5.69 Å². The van der Waals surface area contributed by atoms with Crippen LogP contribution in [0.25, 0.3) is 0 Å². The van der Waals surface area contributed by atoms with Gasteiger partial charge < -0.3 is 10.2 Å². The molecular formula is C14H20BrN3O3. The summed E-state index contributed by atoms with van der Waals surface area (Å²) in [5.74, 6) is 0.0537. The maximum atomic E-state index is 12.1. The molecule has 1 N–H and O–H groups in total. The minimum atomic E-state index is -0.436. The third-order valence-corrected chi connectivity index (χ3v) is 4.03. The Morgan fingerprint density at radius 1 is 1.43 bits per heavy atom. The summed E-state index contributed by atoms with van der Waals surface area (Å²) >= 11 is 3.32. The van der Waals surface area contributed by atoms with Crippen LogP contribution in [0.2, 0.25) is 0 Å². The summed E-state index contributed by atoms with van der Waals surface area (Å²) in [6, 6.07) is 4.31. The first kappa shape index (κ1) is 17.6. The number of nitro benzene ring substituents is 1. The van der Waals surface area contributed by atoms with Gasteiger partial charge in [-0.05, 0) is 32.4 Å². The van der Waals surface area contributed by atoms with Gasteiger partial charge in [0.05, 0.1) is 11.0 Å². The lowest BCUT2D eigenvalue weighted by Crippen LogP contribution is -2.44. The molecule has 1 unspecified atom stereocenters. The molecule has 0 aliphatic rings. The van der Waals surface area contributed by atoms with Gasteiger partial charge in [-0.2, -0.15) is 0 Å². The molecule has 0 saturated heterocycles. The molecule has 0 aliphatic heterocycles. The number of nitrogens with zero attached hydrogens (tertiary/aromatic N) is 2. The molecule has 1 atom stereocenters. The molecule has 1 aromatic rings. The Bertz CT molecular complexity index is 518. The summed E-state index contributed by atoms with van der Waals surface area (Å²) in [6.07, 6.45) is 0. The molecular weight excluding hydrogens is 338 g/mol. The van der Waals surface area contributed by atoms with Crippen molar-refractivity contribution in [3.8, 4) is 0 Å². The number of rotatable bonds is 7. The highest BCUT2D eigenvalue weighted by molar-refractivity contribution is 9.10. The van der Waals surface area contributed by atoms with Crippen LogP contribution in [0.5, 0.6) is 0 Å². The smallest absolute Gasteiger partial charge is 0.270 e. The molecule has 0 aromatic heterocycles. The van der Waals surface area contributed by atoms with Crippen LogP contribution in [0.15, 0.2) is 22.7 Å². The highest BCUT2D eigenvalue weighted by Gasteiger charge is 2.18. The van der Waals surface area contributed by atoms with Crippen molar-refractivity contribution in [3.05, 3.63) is 38.3 Å². The number of hydrogen-bond acceptors (Lipinski definition) is 4. The van der Waals surface area contributed by atoms with E-state index in [0.717, 1.165) is 5.56 Å². The summed E-state index contributed by atoms with van der Waals surface area (Å²) in [6.45, 7) is 7.54. The average Bonchev–Trinajstić information content (AvgIpc) is 2.46. The minimum Gasteiger partial charge on any atom is -0.342 e. The van der Waals surface area contributed by atoms with Crippen molar-refractivity contribution in [1.29, 1.82) is 0 Å². The van der Waals surface area contributed by atoms with Gasteiger partial charge in [0.2, 0.25) is 5.91 Å². The molecule has 0 spiro atoms. The Kier molecular flexibility index (Phi) is 6.77. The van der Waals surface area contributed by atoms with Gasteiger partial charge in [0.25, 0.3) is 5.69 Å². The lowest BCUT2D eigenvalue weighted by atomic mass is 10.2. The Balaban J connectivity index is 2.67. The number of carbonyl (C=O) groups excluding carboxylic acids is 1. The number of nitro groups is 1. The van der Waals surface area contributed by atoms with Gasteiger partial charge in [-0.1, -0.05) is 15.9 Å². The number of hydrogen-bond donors (Lipinski definition) is 1. The largest absolute Gasteiger partial charge is 0.342 e. The maximum absolute atomic E-state index is 12.1. The quantitative estimate of drug-likeness (QED) is 0.601. The van der Waals surface area contributed by atoms with E-state index < -0.39 is 4.92 Å². The van der Waals surface area contributed by atoms with Gasteiger partial charge in [-0.15, -0.1) is 0 Å². The summed E-state index contributed by atoms with van der Waals surface area (Å²) in [4.78, 5) is 24.1. The molecule has 0 radical (unpaired) electrons. The molecule has 116 valence electrons. The second-order valence-electron chi connectivity index (χ2n) is 4.65. The maximum Gasteiger partial charge on any atom is 0.270 e. The molecule has 1 aromatic carbocycles. The van der Waals surface area contributed by atoms with Gasteiger partial charge in [0, 0.05) is 36.2 Å². The third-order valence-electron chi connectivity index (χ3n) is 3.29. The van der Waals surface area contributed by atoms with Crippen molar-refractivity contribution in [2.75, 3.05) is 13.1 Å². The van der Waals surface area contributed by atoms with E-state index in [1.807, 2.05) is 20.8 Å². The van der Waals surface area contributed by atoms with Gasteiger partial charge in [-0.3, -0.25) is 14.9 Å². The average molecular weight is 358 g/mol. The Morgan fingerprint density at radius 3 is 2.52 bits per heavy atom. The van der Waals surface area contributed by atoms with Crippen molar-refractivity contribution in [2.45, 2.75) is 33.4 Å². The fourth-order valence-electron chi connectivity index (χ4n) is 1.95. The van der Waals surface area contributed by atoms with Gasteiger partial charge in [-0.25, -0.2) is 0 Å². The monoisotopic (exact) mass is 357 g/mol. The number of carbonyl (C=O) groups is 1. The molecule has 6 nitrogen and oxygen atoms in total. The van der Waals surface area contributed by atoms with Crippen LogP contribution >= 0.6 is 15.9 Å². The van der Waals surface area contributed by atoms with E-state index in [4.69, 9.17) is 0 Å². The van der Waals surface area contributed by atoms with E-state index in [2.05, 4.69) is 21.2 Å². The van der Waals surface area contributed by atoms with Crippen molar-refractivity contribution in [2.24, 2.45) is 0 Å². The molecule has 0 fully saturated rings. The first-order chi connectivity index (χ1) is 9.90. The second-order valence-corrected chi connectivity index (χ2v) is 5.50. The second kappa shape index (κ2) is 8.09. The van der Waals surface area contributed by atoms with E-state index in [1.165, 1.54) is 12.1 Å². The molecule has 0 saturated carbocycles. The van der Waals surface area contributed by atoms with Crippen LogP contribution in [-0.2, 0) is 11.3 Å². The summed E-state index contributed by atoms with van der Waals surface area (Å²) in [5.41, 5.74) is 0.915. The standard InChI is InChI=1S/C14H20BrN3O3/c1-4-17(5-2)14(19)10(3)16-9-11-6-7-12(18(20)21)8-13(11)15/h6-8,10,16H,4-5,9H2,1-3H3. The van der Waals surface area contributed by atoms with Gasteiger partial charge >= 0.3 is 0 Å². The van der Waals surface area contributed by atoms with E-state index in [1.54, 1.807) is 11.0 Å². The zero-order chi connectivity index (χ0) is 16.0. The van der Waals surface area contributed by atoms with Crippen LogP contribution < -0.4 is 5.32 Å². The lowest BCUT2D eigenvalue weighted by Gasteiger charge is -2.23. The van der Waals surface area contributed by atoms with Gasteiger partial charge in [0.1, 0.15) is 0 Å². The SMILES string of the molecule is CCN(CC)C(=O)C(C)NCc1ccc([N+](=O)[O-])cc1Br. The van der Waals surface area contributed by atoms with Crippen molar-refractivity contribution >= 4 is 27.5 Å². The topological polar surface area (TPSA) is 75.5 Å². The fraction of sp³-hybridized carbons (Fsp3) is 0.500. The predicted octanol–water partition coefficient (Wildman–Crippen LogP) is 2.70. The predicted molar refractivity (Wildman–Crippen MR) is 85.0 cm³/mol. The molecule has 1 rings (SSSR count).